The molecule has 0 aliphatic heterocycles. The van der Waals surface area contributed by atoms with Gasteiger partial charge in [-0.3, -0.25) is 9.97 Å². The van der Waals surface area contributed by atoms with Gasteiger partial charge in [-0.2, -0.15) is 0 Å². The highest BCUT2D eigenvalue weighted by Gasteiger charge is 2.17. The van der Waals surface area contributed by atoms with Crippen LogP contribution in [0.2, 0.25) is 0 Å². The van der Waals surface area contributed by atoms with E-state index in [0.717, 1.165) is 33.4 Å². The third-order valence-electron chi connectivity index (χ3n) is 9.26. The number of rotatable bonds is 7. The van der Waals surface area contributed by atoms with Crippen LogP contribution in [0.3, 0.4) is 0 Å². The molecular formula is C47H31N5. The molecule has 52 heavy (non-hydrogen) atoms. The highest BCUT2D eigenvalue weighted by Crippen LogP contribution is 2.38. The van der Waals surface area contributed by atoms with E-state index < -0.39 is 0 Å². The van der Waals surface area contributed by atoms with Gasteiger partial charge in [0, 0.05) is 18.0 Å². The van der Waals surface area contributed by atoms with E-state index in [1.807, 2.05) is 42.5 Å². The van der Waals surface area contributed by atoms with Crippen molar-refractivity contribution in [2.45, 2.75) is 0 Å². The maximum Gasteiger partial charge on any atom is 0.182 e. The molecular weight excluding hydrogens is 635 g/mol. The second kappa shape index (κ2) is 13.7. The number of fused-ring (bicyclic) bond motifs is 1. The molecule has 0 saturated carbocycles. The lowest BCUT2D eigenvalue weighted by molar-refractivity contribution is 1.05. The largest absolute Gasteiger partial charge is 0.253 e. The minimum Gasteiger partial charge on any atom is -0.253 e. The Morgan fingerprint density at radius 1 is 0.288 bits per heavy atom. The van der Waals surface area contributed by atoms with Gasteiger partial charge >= 0.3 is 0 Å². The molecule has 0 aliphatic carbocycles. The van der Waals surface area contributed by atoms with Crippen molar-refractivity contribution in [1.82, 2.24) is 24.9 Å². The van der Waals surface area contributed by atoms with E-state index in [0.29, 0.717) is 28.9 Å². The first-order valence-corrected chi connectivity index (χ1v) is 17.2. The van der Waals surface area contributed by atoms with Crippen LogP contribution in [0.1, 0.15) is 0 Å². The van der Waals surface area contributed by atoms with E-state index in [9.17, 15) is 0 Å². The van der Waals surface area contributed by atoms with E-state index in [1.165, 1.54) is 27.5 Å². The van der Waals surface area contributed by atoms with E-state index in [4.69, 9.17) is 15.0 Å². The lowest BCUT2D eigenvalue weighted by atomic mass is 9.90. The van der Waals surface area contributed by atoms with Crippen LogP contribution in [0, 0.1) is 0 Å². The molecule has 0 unspecified atom stereocenters. The number of hydrogen-bond acceptors (Lipinski definition) is 5. The first kappa shape index (κ1) is 30.9. The molecule has 6 aromatic carbocycles. The topological polar surface area (TPSA) is 64.5 Å². The van der Waals surface area contributed by atoms with Crippen LogP contribution in [0.25, 0.3) is 89.7 Å². The number of nitrogens with zero attached hydrogens (tertiary/aromatic N) is 5. The normalized spacial score (nSPS) is 11.1. The molecule has 5 heteroatoms. The number of aromatic nitrogens is 5. The van der Waals surface area contributed by atoms with Crippen molar-refractivity contribution in [2.24, 2.45) is 0 Å². The number of hydrogen-bond donors (Lipinski definition) is 0. The van der Waals surface area contributed by atoms with Gasteiger partial charge in [0.25, 0.3) is 0 Å². The summed E-state index contributed by atoms with van der Waals surface area (Å²) in [4.78, 5) is 23.7. The highest BCUT2D eigenvalue weighted by atomic mass is 15.1. The Kier molecular flexibility index (Phi) is 8.12. The molecule has 0 saturated heterocycles. The van der Waals surface area contributed by atoms with Crippen LogP contribution in [0.4, 0.5) is 0 Å². The Morgan fingerprint density at radius 2 is 0.827 bits per heavy atom. The van der Waals surface area contributed by atoms with Crippen molar-refractivity contribution in [3.8, 4) is 78.9 Å². The zero-order chi connectivity index (χ0) is 34.7. The monoisotopic (exact) mass is 665 g/mol. The molecule has 244 valence electrons. The van der Waals surface area contributed by atoms with Crippen LogP contribution in [0.15, 0.2) is 188 Å². The maximum absolute atomic E-state index is 4.93. The predicted molar refractivity (Wildman–Crippen MR) is 211 cm³/mol. The summed E-state index contributed by atoms with van der Waals surface area (Å²) in [7, 11) is 0. The van der Waals surface area contributed by atoms with Gasteiger partial charge < -0.3 is 0 Å². The van der Waals surface area contributed by atoms with Gasteiger partial charge in [0.2, 0.25) is 0 Å². The molecule has 5 nitrogen and oxygen atoms in total. The Balaban J connectivity index is 1.15. The highest BCUT2D eigenvalue weighted by molar-refractivity contribution is 5.97. The Morgan fingerprint density at radius 3 is 1.50 bits per heavy atom. The lowest BCUT2D eigenvalue weighted by Gasteiger charge is -2.15. The van der Waals surface area contributed by atoms with Crippen LogP contribution in [-0.2, 0) is 0 Å². The fraction of sp³-hybridized carbons (Fsp3) is 0. The van der Waals surface area contributed by atoms with E-state index in [2.05, 4.69) is 143 Å². The van der Waals surface area contributed by atoms with Crippen molar-refractivity contribution in [3.05, 3.63) is 188 Å². The Bertz CT molecular complexity index is 2610. The van der Waals surface area contributed by atoms with Gasteiger partial charge in [-0.25, -0.2) is 15.0 Å². The lowest BCUT2D eigenvalue weighted by Crippen LogP contribution is -2.02. The zero-order valence-corrected chi connectivity index (χ0v) is 28.1. The van der Waals surface area contributed by atoms with Crippen LogP contribution in [-0.4, -0.2) is 24.9 Å². The smallest absolute Gasteiger partial charge is 0.182 e. The molecule has 3 aromatic heterocycles. The van der Waals surface area contributed by atoms with E-state index in [-0.39, 0.29) is 0 Å². The van der Waals surface area contributed by atoms with Gasteiger partial charge in [0.05, 0.1) is 0 Å². The molecule has 9 aromatic rings. The van der Waals surface area contributed by atoms with Crippen LogP contribution < -0.4 is 0 Å². The number of benzene rings is 6. The van der Waals surface area contributed by atoms with Crippen molar-refractivity contribution >= 4 is 10.8 Å². The van der Waals surface area contributed by atoms with Crippen molar-refractivity contribution < 1.29 is 0 Å². The molecule has 0 radical (unpaired) electrons. The zero-order valence-electron chi connectivity index (χ0n) is 28.1. The van der Waals surface area contributed by atoms with Gasteiger partial charge in [0.15, 0.2) is 17.5 Å². The molecule has 0 fully saturated rings. The minimum atomic E-state index is 0.495. The SMILES string of the molecule is c1ccc(-c2cc(-c3nc(-c4ccccn4)nc(-c4ccccn4)n3)ccc2-c2cccc(-c3cccc(-c4cccc5ccccc45)c3)c2)cc1. The third-order valence-corrected chi connectivity index (χ3v) is 9.26. The third kappa shape index (κ3) is 6.12. The summed E-state index contributed by atoms with van der Waals surface area (Å²) >= 11 is 0. The van der Waals surface area contributed by atoms with Gasteiger partial charge in [-0.05, 0) is 97.7 Å². The van der Waals surface area contributed by atoms with Crippen molar-refractivity contribution in [1.29, 1.82) is 0 Å². The average Bonchev–Trinajstić information content (AvgIpc) is 3.24. The van der Waals surface area contributed by atoms with Gasteiger partial charge in [0.1, 0.15) is 11.4 Å². The predicted octanol–water partition coefficient (Wildman–Crippen LogP) is 11.5. The summed E-state index contributed by atoms with van der Waals surface area (Å²) in [5.41, 5.74) is 11.4. The molecule has 0 N–H and O–H groups in total. The first-order valence-electron chi connectivity index (χ1n) is 17.2. The summed E-state index contributed by atoms with van der Waals surface area (Å²) in [6.45, 7) is 0. The standard InChI is InChI=1S/C47H31N5/c1-2-13-33(14-3-1)42-31-38(45-50-46(43-23-6-8-27-48-43)52-47(51-45)44-24-7-9-28-49-44)25-26-41(42)37-20-11-18-35(30-37)34-17-10-19-36(29-34)40-22-12-16-32-15-4-5-21-39(32)40/h1-31H. The second-order valence-electron chi connectivity index (χ2n) is 12.6. The van der Waals surface area contributed by atoms with Gasteiger partial charge in [-0.1, -0.05) is 133 Å². The summed E-state index contributed by atoms with van der Waals surface area (Å²) < 4.78 is 0. The quantitative estimate of drug-likeness (QED) is 0.169. The van der Waals surface area contributed by atoms with Crippen molar-refractivity contribution in [3.63, 3.8) is 0 Å². The molecule has 9 rings (SSSR count). The summed E-state index contributed by atoms with van der Waals surface area (Å²) in [5, 5.41) is 2.49. The molecule has 3 heterocycles. The molecule has 0 aliphatic rings. The average molecular weight is 666 g/mol. The molecule has 0 atom stereocenters. The first-order chi connectivity index (χ1) is 25.8. The van der Waals surface area contributed by atoms with Crippen LogP contribution >= 0.6 is 0 Å². The Labute approximate surface area is 302 Å². The summed E-state index contributed by atoms with van der Waals surface area (Å²) in [5.74, 6) is 1.55. The summed E-state index contributed by atoms with van der Waals surface area (Å²) in [6, 6.07) is 61.1. The fourth-order valence-corrected chi connectivity index (χ4v) is 6.73. The molecule has 0 bridgehead atoms. The maximum atomic E-state index is 4.93. The number of pyridine rings is 2. The van der Waals surface area contributed by atoms with Gasteiger partial charge in [-0.15, -0.1) is 0 Å². The minimum absolute atomic E-state index is 0.495. The Hall–Kier alpha value is -7.11. The molecule has 0 amide bonds. The van der Waals surface area contributed by atoms with Crippen molar-refractivity contribution in [2.75, 3.05) is 0 Å². The molecule has 0 spiro atoms. The fourth-order valence-electron chi connectivity index (χ4n) is 6.73. The summed E-state index contributed by atoms with van der Waals surface area (Å²) in [6.07, 6.45) is 3.49. The van der Waals surface area contributed by atoms with E-state index in [1.54, 1.807) is 12.4 Å². The van der Waals surface area contributed by atoms with Crippen LogP contribution in [0.5, 0.6) is 0 Å². The van der Waals surface area contributed by atoms with E-state index >= 15 is 0 Å². The second-order valence-corrected chi connectivity index (χ2v) is 12.6.